The number of amides is 1. The summed E-state index contributed by atoms with van der Waals surface area (Å²) in [5.74, 6) is -0.273. The number of carbonyl (C=O) groups is 1. The fraction of sp³-hybridized carbons (Fsp3) is 0. The highest BCUT2D eigenvalue weighted by Gasteiger charge is 2.02. The smallest absolute Gasteiger partial charge is 0.248 e. The molecule has 2 rings (SSSR count). The van der Waals surface area contributed by atoms with Gasteiger partial charge in [-0.05, 0) is 29.8 Å². The first kappa shape index (κ1) is 13.2. The van der Waals surface area contributed by atoms with Gasteiger partial charge in [0, 0.05) is 11.8 Å². The number of carbonyl (C=O) groups excluding carboxylic acids is 1. The van der Waals surface area contributed by atoms with E-state index in [-0.39, 0.29) is 16.7 Å². The topological polar surface area (TPSA) is 49.3 Å². The molecule has 0 bridgehead atoms. The van der Waals surface area contributed by atoms with Crippen LogP contribution in [0, 0.1) is 0 Å². The molecule has 0 saturated heterocycles. The lowest BCUT2D eigenvalue weighted by molar-refractivity contribution is -0.111. The van der Waals surface area contributed by atoms with E-state index in [1.807, 2.05) is 30.3 Å². The summed E-state index contributed by atoms with van der Waals surface area (Å²) >= 11 is 5.75. The first-order chi connectivity index (χ1) is 9.15. The van der Waals surface area contributed by atoms with Crippen molar-refractivity contribution in [2.75, 3.05) is 5.32 Å². The fourth-order valence-electron chi connectivity index (χ4n) is 1.50. The monoisotopic (exact) mass is 273 g/mol. The minimum absolute atomic E-state index is 0.0144. The molecule has 0 atom stereocenters. The molecule has 0 spiro atoms. The quantitative estimate of drug-likeness (QED) is 0.662. The largest absolute Gasteiger partial charge is 0.506 e. The molecule has 0 fully saturated rings. The van der Waals surface area contributed by atoms with Crippen molar-refractivity contribution in [2.24, 2.45) is 0 Å². The van der Waals surface area contributed by atoms with Gasteiger partial charge < -0.3 is 10.4 Å². The van der Waals surface area contributed by atoms with Gasteiger partial charge >= 0.3 is 0 Å². The Kier molecular flexibility index (Phi) is 4.21. The molecule has 0 heterocycles. The van der Waals surface area contributed by atoms with Crippen molar-refractivity contribution < 1.29 is 9.90 Å². The number of phenols is 1. The number of benzene rings is 2. The minimum Gasteiger partial charge on any atom is -0.506 e. The molecule has 2 aromatic rings. The van der Waals surface area contributed by atoms with Crippen molar-refractivity contribution in [1.29, 1.82) is 0 Å². The van der Waals surface area contributed by atoms with Crippen LogP contribution in [-0.2, 0) is 4.79 Å². The zero-order valence-corrected chi connectivity index (χ0v) is 10.8. The Hall–Kier alpha value is -2.26. The molecule has 0 aliphatic carbocycles. The van der Waals surface area contributed by atoms with E-state index < -0.39 is 0 Å². The van der Waals surface area contributed by atoms with Crippen LogP contribution in [0.3, 0.4) is 0 Å². The molecule has 0 aliphatic rings. The van der Waals surface area contributed by atoms with Crippen LogP contribution in [0.1, 0.15) is 5.56 Å². The maximum Gasteiger partial charge on any atom is 0.248 e. The van der Waals surface area contributed by atoms with Gasteiger partial charge in [-0.15, -0.1) is 0 Å². The molecular formula is C15H12ClNO2. The summed E-state index contributed by atoms with van der Waals surface area (Å²) in [4.78, 5) is 11.7. The number of halogens is 1. The van der Waals surface area contributed by atoms with Crippen molar-refractivity contribution in [3.8, 4) is 5.75 Å². The molecule has 19 heavy (non-hydrogen) atoms. The lowest BCUT2D eigenvalue weighted by Crippen LogP contribution is -2.07. The normalized spacial score (nSPS) is 10.6. The van der Waals surface area contributed by atoms with Gasteiger partial charge in [0.2, 0.25) is 5.91 Å². The highest BCUT2D eigenvalue weighted by Crippen LogP contribution is 2.25. The number of anilines is 1. The van der Waals surface area contributed by atoms with E-state index in [0.717, 1.165) is 5.56 Å². The van der Waals surface area contributed by atoms with Gasteiger partial charge in [-0.3, -0.25) is 4.79 Å². The third-order valence-corrected chi connectivity index (χ3v) is 2.74. The van der Waals surface area contributed by atoms with Crippen LogP contribution in [0.25, 0.3) is 6.08 Å². The van der Waals surface area contributed by atoms with Gasteiger partial charge in [0.1, 0.15) is 5.75 Å². The Labute approximate surface area is 116 Å². The second-order valence-corrected chi connectivity index (χ2v) is 4.31. The third kappa shape index (κ3) is 3.86. The molecule has 2 N–H and O–H groups in total. The average molecular weight is 274 g/mol. The Morgan fingerprint density at radius 1 is 1.16 bits per heavy atom. The summed E-state index contributed by atoms with van der Waals surface area (Å²) in [6.45, 7) is 0. The molecule has 2 aromatic carbocycles. The molecule has 1 amide bonds. The second-order valence-electron chi connectivity index (χ2n) is 3.90. The highest BCUT2D eigenvalue weighted by molar-refractivity contribution is 6.32. The van der Waals surface area contributed by atoms with Gasteiger partial charge in [0.25, 0.3) is 0 Å². The van der Waals surface area contributed by atoms with Gasteiger partial charge in [0.15, 0.2) is 0 Å². The number of aromatic hydroxyl groups is 1. The van der Waals surface area contributed by atoms with E-state index in [9.17, 15) is 9.90 Å². The van der Waals surface area contributed by atoms with Crippen LogP contribution in [0.5, 0.6) is 5.75 Å². The van der Waals surface area contributed by atoms with Crippen LogP contribution in [0.2, 0.25) is 5.02 Å². The number of nitrogens with one attached hydrogen (secondary N) is 1. The van der Waals surface area contributed by atoms with Crippen LogP contribution in [0.4, 0.5) is 5.69 Å². The molecule has 0 unspecified atom stereocenters. The summed E-state index contributed by atoms with van der Waals surface area (Å²) in [6.07, 6.45) is 3.16. The minimum atomic E-state index is -0.259. The molecule has 0 radical (unpaired) electrons. The number of rotatable bonds is 3. The van der Waals surface area contributed by atoms with E-state index >= 15 is 0 Å². The maximum atomic E-state index is 11.7. The van der Waals surface area contributed by atoms with Crippen molar-refractivity contribution in [2.45, 2.75) is 0 Å². The van der Waals surface area contributed by atoms with Gasteiger partial charge in [0.05, 0.1) is 5.02 Å². The molecule has 3 nitrogen and oxygen atoms in total. The zero-order valence-electron chi connectivity index (χ0n) is 10.0. The standard InChI is InChI=1S/C15H12ClNO2/c16-13-10-12(7-8-14(13)18)17-15(19)9-6-11-4-2-1-3-5-11/h1-10,18H,(H,17,19). The Morgan fingerprint density at radius 3 is 2.58 bits per heavy atom. The van der Waals surface area contributed by atoms with Crippen LogP contribution in [-0.4, -0.2) is 11.0 Å². The van der Waals surface area contributed by atoms with E-state index in [2.05, 4.69) is 5.32 Å². The van der Waals surface area contributed by atoms with E-state index in [1.165, 1.54) is 18.2 Å². The predicted octanol–water partition coefficient (Wildman–Crippen LogP) is 3.70. The predicted molar refractivity (Wildman–Crippen MR) is 77.2 cm³/mol. The third-order valence-electron chi connectivity index (χ3n) is 2.44. The fourth-order valence-corrected chi connectivity index (χ4v) is 1.69. The number of phenolic OH excluding ortho intramolecular Hbond substituents is 1. The molecular weight excluding hydrogens is 262 g/mol. The SMILES string of the molecule is O=C(C=Cc1ccccc1)Nc1ccc(O)c(Cl)c1. The molecule has 0 saturated carbocycles. The lowest BCUT2D eigenvalue weighted by atomic mass is 10.2. The summed E-state index contributed by atoms with van der Waals surface area (Å²) in [5, 5.41) is 12.1. The van der Waals surface area contributed by atoms with Crippen LogP contribution < -0.4 is 5.32 Å². The number of hydrogen-bond donors (Lipinski definition) is 2. The zero-order chi connectivity index (χ0) is 13.7. The van der Waals surface area contributed by atoms with E-state index in [0.29, 0.717) is 5.69 Å². The van der Waals surface area contributed by atoms with Gasteiger partial charge in [-0.25, -0.2) is 0 Å². The van der Waals surface area contributed by atoms with Crippen LogP contribution >= 0.6 is 11.6 Å². The van der Waals surface area contributed by atoms with Crippen molar-refractivity contribution in [3.05, 3.63) is 65.2 Å². The first-order valence-corrected chi connectivity index (χ1v) is 6.05. The molecule has 4 heteroatoms. The Morgan fingerprint density at radius 2 is 1.89 bits per heavy atom. The molecule has 0 aliphatic heterocycles. The second kappa shape index (κ2) is 6.07. The van der Waals surface area contributed by atoms with Crippen molar-refractivity contribution >= 4 is 29.3 Å². The summed E-state index contributed by atoms with van der Waals surface area (Å²) in [6, 6.07) is 14.0. The van der Waals surface area contributed by atoms with Crippen molar-refractivity contribution in [3.63, 3.8) is 0 Å². The van der Waals surface area contributed by atoms with Gasteiger partial charge in [-0.2, -0.15) is 0 Å². The first-order valence-electron chi connectivity index (χ1n) is 5.68. The molecule has 96 valence electrons. The number of hydrogen-bond acceptors (Lipinski definition) is 2. The average Bonchev–Trinajstić information content (AvgIpc) is 2.42. The molecule has 0 aromatic heterocycles. The Balaban J connectivity index is 2.01. The summed E-state index contributed by atoms with van der Waals surface area (Å²) in [5.41, 5.74) is 1.48. The van der Waals surface area contributed by atoms with E-state index in [1.54, 1.807) is 12.1 Å². The Bertz CT molecular complexity index is 609. The summed E-state index contributed by atoms with van der Waals surface area (Å²) in [7, 11) is 0. The van der Waals surface area contributed by atoms with Crippen molar-refractivity contribution in [1.82, 2.24) is 0 Å². The highest BCUT2D eigenvalue weighted by atomic mass is 35.5. The van der Waals surface area contributed by atoms with Crippen LogP contribution in [0.15, 0.2) is 54.6 Å². The lowest BCUT2D eigenvalue weighted by Gasteiger charge is -2.03. The van der Waals surface area contributed by atoms with Gasteiger partial charge in [-0.1, -0.05) is 41.9 Å². The van der Waals surface area contributed by atoms with E-state index in [4.69, 9.17) is 11.6 Å². The summed E-state index contributed by atoms with van der Waals surface area (Å²) < 4.78 is 0. The maximum absolute atomic E-state index is 11.7.